The van der Waals surface area contributed by atoms with Gasteiger partial charge in [-0.05, 0) is 31.0 Å². The molecule has 0 unspecified atom stereocenters. The van der Waals surface area contributed by atoms with Gasteiger partial charge in [0.25, 0.3) is 0 Å². The molecule has 0 heterocycles. The van der Waals surface area contributed by atoms with E-state index in [1.165, 1.54) is 7.11 Å². The van der Waals surface area contributed by atoms with Crippen LogP contribution in [0.25, 0.3) is 0 Å². The number of ketones is 1. The first-order chi connectivity index (χ1) is 9.12. The van der Waals surface area contributed by atoms with Gasteiger partial charge in [0, 0.05) is 6.42 Å². The molecule has 4 heteroatoms. The van der Waals surface area contributed by atoms with Crippen molar-refractivity contribution in [2.24, 2.45) is 0 Å². The molecule has 1 aromatic rings. The molecule has 0 aliphatic carbocycles. The van der Waals surface area contributed by atoms with Crippen LogP contribution in [0.5, 0.6) is 5.75 Å². The normalized spacial score (nSPS) is 10.1. The SMILES string of the molecule is CCOC(=O)CCC(=O)c1cc(CC)ccc1OC. The van der Waals surface area contributed by atoms with Crippen molar-refractivity contribution in [1.29, 1.82) is 0 Å². The molecule has 104 valence electrons. The van der Waals surface area contributed by atoms with Gasteiger partial charge in [0.15, 0.2) is 5.78 Å². The van der Waals surface area contributed by atoms with Gasteiger partial charge in [0.1, 0.15) is 5.75 Å². The second kappa shape index (κ2) is 7.56. The smallest absolute Gasteiger partial charge is 0.306 e. The van der Waals surface area contributed by atoms with E-state index in [4.69, 9.17) is 9.47 Å². The van der Waals surface area contributed by atoms with Crippen molar-refractivity contribution in [3.05, 3.63) is 29.3 Å². The predicted molar refractivity (Wildman–Crippen MR) is 72.6 cm³/mol. The van der Waals surface area contributed by atoms with Gasteiger partial charge in [-0.2, -0.15) is 0 Å². The highest BCUT2D eigenvalue weighted by atomic mass is 16.5. The minimum atomic E-state index is -0.346. The Morgan fingerprint density at radius 3 is 2.47 bits per heavy atom. The molecular weight excluding hydrogens is 244 g/mol. The second-order valence-electron chi connectivity index (χ2n) is 4.12. The summed E-state index contributed by atoms with van der Waals surface area (Å²) in [5, 5.41) is 0. The summed E-state index contributed by atoms with van der Waals surface area (Å²) in [4.78, 5) is 23.4. The van der Waals surface area contributed by atoms with Crippen LogP contribution < -0.4 is 4.74 Å². The van der Waals surface area contributed by atoms with Gasteiger partial charge in [0.05, 0.1) is 25.7 Å². The Hall–Kier alpha value is -1.84. The zero-order valence-electron chi connectivity index (χ0n) is 11.7. The number of carbonyl (C=O) groups excluding carboxylic acids is 2. The number of esters is 1. The number of aryl methyl sites for hydroxylation is 1. The van der Waals surface area contributed by atoms with E-state index >= 15 is 0 Å². The lowest BCUT2D eigenvalue weighted by molar-refractivity contribution is -0.143. The molecular formula is C15H20O4. The number of hydrogen-bond acceptors (Lipinski definition) is 4. The summed E-state index contributed by atoms with van der Waals surface area (Å²) in [5.41, 5.74) is 1.60. The molecule has 0 saturated carbocycles. The first-order valence-corrected chi connectivity index (χ1v) is 6.48. The topological polar surface area (TPSA) is 52.6 Å². The number of hydrogen-bond donors (Lipinski definition) is 0. The Morgan fingerprint density at radius 1 is 1.16 bits per heavy atom. The van der Waals surface area contributed by atoms with Crippen LogP contribution in [-0.2, 0) is 16.0 Å². The molecule has 0 atom stereocenters. The van der Waals surface area contributed by atoms with Crippen LogP contribution in [-0.4, -0.2) is 25.5 Å². The highest BCUT2D eigenvalue weighted by molar-refractivity contribution is 6.00. The summed E-state index contributed by atoms with van der Waals surface area (Å²) in [5.74, 6) is 0.104. The first kappa shape index (κ1) is 15.2. The lowest BCUT2D eigenvalue weighted by Crippen LogP contribution is -2.09. The fraction of sp³-hybridized carbons (Fsp3) is 0.467. The van der Waals surface area contributed by atoms with Crippen LogP contribution in [0.3, 0.4) is 0 Å². The van der Waals surface area contributed by atoms with Crippen LogP contribution in [0.15, 0.2) is 18.2 Å². The second-order valence-corrected chi connectivity index (χ2v) is 4.12. The molecule has 19 heavy (non-hydrogen) atoms. The van der Waals surface area contributed by atoms with Crippen molar-refractivity contribution in [2.45, 2.75) is 33.1 Å². The van der Waals surface area contributed by atoms with E-state index < -0.39 is 0 Å². The molecule has 0 aromatic heterocycles. The third-order valence-corrected chi connectivity index (χ3v) is 2.83. The van der Waals surface area contributed by atoms with Crippen molar-refractivity contribution < 1.29 is 19.1 Å². The zero-order chi connectivity index (χ0) is 14.3. The molecule has 1 rings (SSSR count). The minimum Gasteiger partial charge on any atom is -0.496 e. The summed E-state index contributed by atoms with van der Waals surface area (Å²) in [6.45, 7) is 4.10. The number of methoxy groups -OCH3 is 1. The number of Topliss-reactive ketones (excluding diaryl/α,β-unsaturated/α-hetero) is 1. The summed E-state index contributed by atoms with van der Waals surface area (Å²) >= 11 is 0. The van der Waals surface area contributed by atoms with E-state index in [1.54, 1.807) is 13.0 Å². The maximum Gasteiger partial charge on any atom is 0.306 e. The monoisotopic (exact) mass is 264 g/mol. The van der Waals surface area contributed by atoms with Gasteiger partial charge in [-0.25, -0.2) is 0 Å². The van der Waals surface area contributed by atoms with Gasteiger partial charge in [-0.1, -0.05) is 13.0 Å². The summed E-state index contributed by atoms with van der Waals surface area (Å²) in [7, 11) is 1.53. The van der Waals surface area contributed by atoms with Gasteiger partial charge in [-0.15, -0.1) is 0 Å². The molecule has 0 aliphatic rings. The van der Waals surface area contributed by atoms with Crippen LogP contribution in [0.4, 0.5) is 0 Å². The van der Waals surface area contributed by atoms with Crippen molar-refractivity contribution in [1.82, 2.24) is 0 Å². The van der Waals surface area contributed by atoms with Gasteiger partial charge in [-0.3, -0.25) is 9.59 Å². The van der Waals surface area contributed by atoms with E-state index in [0.29, 0.717) is 17.9 Å². The molecule has 0 amide bonds. The molecule has 0 radical (unpaired) electrons. The van der Waals surface area contributed by atoms with Crippen molar-refractivity contribution >= 4 is 11.8 Å². The van der Waals surface area contributed by atoms with E-state index in [0.717, 1.165) is 12.0 Å². The predicted octanol–water partition coefficient (Wildman–Crippen LogP) is 2.78. The quantitative estimate of drug-likeness (QED) is 0.561. The molecule has 0 saturated heterocycles. The van der Waals surface area contributed by atoms with Crippen LogP contribution in [0.2, 0.25) is 0 Å². The number of carbonyl (C=O) groups is 2. The lowest BCUT2D eigenvalue weighted by atomic mass is 10.0. The number of benzene rings is 1. The molecule has 0 bridgehead atoms. The number of ether oxygens (including phenoxy) is 2. The fourth-order valence-electron chi connectivity index (χ4n) is 1.78. The van der Waals surface area contributed by atoms with Crippen molar-refractivity contribution in [3.63, 3.8) is 0 Å². The maximum absolute atomic E-state index is 12.1. The summed E-state index contributed by atoms with van der Waals surface area (Å²) < 4.78 is 9.99. The Balaban J connectivity index is 2.77. The van der Waals surface area contributed by atoms with E-state index in [-0.39, 0.29) is 24.6 Å². The fourth-order valence-corrected chi connectivity index (χ4v) is 1.78. The third kappa shape index (κ3) is 4.39. The van der Waals surface area contributed by atoms with Gasteiger partial charge in [0.2, 0.25) is 0 Å². The summed E-state index contributed by atoms with van der Waals surface area (Å²) in [6.07, 6.45) is 1.09. The van der Waals surface area contributed by atoms with Crippen LogP contribution in [0.1, 0.15) is 42.6 Å². The molecule has 0 N–H and O–H groups in total. The Labute approximate surface area is 113 Å². The van der Waals surface area contributed by atoms with E-state index in [2.05, 4.69) is 0 Å². The average molecular weight is 264 g/mol. The molecule has 0 aliphatic heterocycles. The number of rotatable bonds is 7. The molecule has 4 nitrogen and oxygen atoms in total. The van der Waals surface area contributed by atoms with Gasteiger partial charge < -0.3 is 9.47 Å². The van der Waals surface area contributed by atoms with Gasteiger partial charge >= 0.3 is 5.97 Å². The molecule has 0 spiro atoms. The largest absolute Gasteiger partial charge is 0.496 e. The van der Waals surface area contributed by atoms with Crippen molar-refractivity contribution in [2.75, 3.05) is 13.7 Å². The van der Waals surface area contributed by atoms with E-state index in [9.17, 15) is 9.59 Å². The zero-order valence-corrected chi connectivity index (χ0v) is 11.7. The Kier molecular flexibility index (Phi) is 6.06. The summed E-state index contributed by atoms with van der Waals surface area (Å²) in [6, 6.07) is 5.55. The maximum atomic E-state index is 12.1. The standard InChI is InChI=1S/C15H20O4/c1-4-11-6-8-14(18-3)12(10-11)13(16)7-9-15(17)19-5-2/h6,8,10H,4-5,7,9H2,1-3H3. The van der Waals surface area contributed by atoms with Crippen LogP contribution in [0, 0.1) is 0 Å². The Morgan fingerprint density at radius 2 is 1.89 bits per heavy atom. The van der Waals surface area contributed by atoms with Crippen LogP contribution >= 0.6 is 0 Å². The van der Waals surface area contributed by atoms with Crippen molar-refractivity contribution in [3.8, 4) is 5.75 Å². The Bertz CT molecular complexity index is 451. The minimum absolute atomic E-state index is 0.0970. The molecule has 0 fully saturated rings. The highest BCUT2D eigenvalue weighted by Crippen LogP contribution is 2.22. The average Bonchev–Trinajstić information content (AvgIpc) is 2.44. The first-order valence-electron chi connectivity index (χ1n) is 6.48. The third-order valence-electron chi connectivity index (χ3n) is 2.83. The highest BCUT2D eigenvalue weighted by Gasteiger charge is 2.14. The molecule has 1 aromatic carbocycles. The lowest BCUT2D eigenvalue weighted by Gasteiger charge is -2.09. The van der Waals surface area contributed by atoms with E-state index in [1.807, 2.05) is 19.1 Å².